The first-order chi connectivity index (χ1) is 11.8. The summed E-state index contributed by atoms with van der Waals surface area (Å²) in [7, 11) is 0. The Morgan fingerprint density at radius 2 is 2.00 bits per heavy atom. The van der Waals surface area contributed by atoms with Gasteiger partial charge < -0.3 is 20.5 Å². The molecule has 0 aliphatic rings. The number of hydrogen-bond acceptors (Lipinski definition) is 3. The summed E-state index contributed by atoms with van der Waals surface area (Å²) >= 11 is 0. The number of benzene rings is 1. The maximum absolute atomic E-state index is 13.7. The molecule has 0 aromatic heterocycles. The smallest absolute Gasteiger partial charge is 0.191 e. The van der Waals surface area contributed by atoms with Crippen molar-refractivity contribution in [1.29, 1.82) is 0 Å². The van der Waals surface area contributed by atoms with Crippen LogP contribution in [0, 0.1) is 18.7 Å². The first kappa shape index (κ1) is 21.4. The van der Waals surface area contributed by atoms with Crippen molar-refractivity contribution < 1.29 is 14.2 Å². The monoisotopic (exact) mass is 353 g/mol. The Kier molecular flexibility index (Phi) is 9.45. The molecule has 0 heterocycles. The first-order valence-electron chi connectivity index (χ1n) is 8.90. The molecule has 25 heavy (non-hydrogen) atoms. The number of aryl methyl sites for hydroxylation is 1. The molecule has 0 radical (unpaired) electrons. The van der Waals surface area contributed by atoms with Gasteiger partial charge in [-0.15, -0.1) is 0 Å². The summed E-state index contributed by atoms with van der Waals surface area (Å²) in [5.41, 5.74) is 1.47. The Hall–Kier alpha value is -1.66. The zero-order valence-corrected chi connectivity index (χ0v) is 16.0. The Morgan fingerprint density at radius 1 is 1.28 bits per heavy atom. The van der Waals surface area contributed by atoms with Crippen LogP contribution in [0.25, 0.3) is 0 Å². The number of aliphatic imine (C=N–C) groups is 1. The number of rotatable bonds is 9. The average Bonchev–Trinajstić information content (AvgIpc) is 2.55. The van der Waals surface area contributed by atoms with Crippen molar-refractivity contribution in [2.45, 2.75) is 46.8 Å². The van der Waals surface area contributed by atoms with Crippen LogP contribution in [0.15, 0.2) is 23.2 Å². The summed E-state index contributed by atoms with van der Waals surface area (Å²) in [6, 6.07) is 5.09. The maximum atomic E-state index is 13.7. The van der Waals surface area contributed by atoms with Gasteiger partial charge in [-0.1, -0.05) is 26.0 Å². The van der Waals surface area contributed by atoms with E-state index in [0.717, 1.165) is 5.56 Å². The summed E-state index contributed by atoms with van der Waals surface area (Å²) in [6.07, 6.45) is -0.652. The van der Waals surface area contributed by atoms with Gasteiger partial charge in [-0.3, -0.25) is 4.99 Å². The topological polar surface area (TPSA) is 65.9 Å². The van der Waals surface area contributed by atoms with Gasteiger partial charge in [0.2, 0.25) is 0 Å². The molecule has 0 aliphatic heterocycles. The quantitative estimate of drug-likeness (QED) is 0.472. The third kappa shape index (κ3) is 8.31. The van der Waals surface area contributed by atoms with Crippen LogP contribution >= 0.6 is 0 Å². The molecule has 6 heteroatoms. The molecule has 0 bridgehead atoms. The van der Waals surface area contributed by atoms with Crippen LogP contribution in [0.1, 0.15) is 44.9 Å². The summed E-state index contributed by atoms with van der Waals surface area (Å²) in [6.45, 7) is 11.6. The Balaban J connectivity index is 2.60. The molecule has 0 saturated heterocycles. The molecule has 2 atom stereocenters. The van der Waals surface area contributed by atoms with Gasteiger partial charge in [0.25, 0.3) is 0 Å². The molecular weight excluding hydrogens is 321 g/mol. The van der Waals surface area contributed by atoms with Crippen LogP contribution in [0.2, 0.25) is 0 Å². The van der Waals surface area contributed by atoms with Crippen molar-refractivity contribution in [3.63, 3.8) is 0 Å². The highest BCUT2D eigenvalue weighted by atomic mass is 19.1. The second-order valence-electron chi connectivity index (χ2n) is 6.68. The number of ether oxygens (including phenoxy) is 1. The van der Waals surface area contributed by atoms with E-state index in [-0.39, 0.29) is 25.0 Å². The molecule has 0 aliphatic carbocycles. The van der Waals surface area contributed by atoms with Gasteiger partial charge in [-0.2, -0.15) is 0 Å². The van der Waals surface area contributed by atoms with Gasteiger partial charge in [0.05, 0.1) is 25.3 Å². The molecule has 142 valence electrons. The van der Waals surface area contributed by atoms with E-state index in [1.165, 1.54) is 6.07 Å². The lowest BCUT2D eigenvalue weighted by Gasteiger charge is -2.19. The van der Waals surface area contributed by atoms with Crippen molar-refractivity contribution in [2.24, 2.45) is 10.9 Å². The summed E-state index contributed by atoms with van der Waals surface area (Å²) < 4.78 is 19.2. The highest BCUT2D eigenvalue weighted by molar-refractivity contribution is 5.80. The van der Waals surface area contributed by atoms with E-state index < -0.39 is 6.10 Å². The molecule has 1 aromatic rings. The van der Waals surface area contributed by atoms with Gasteiger partial charge in [0, 0.05) is 13.2 Å². The van der Waals surface area contributed by atoms with Crippen LogP contribution in [-0.4, -0.2) is 43.5 Å². The lowest BCUT2D eigenvalue weighted by atomic mass is 10.1. The Labute approximate surface area is 150 Å². The molecule has 0 fully saturated rings. The number of nitrogens with zero attached hydrogens (tertiary/aromatic N) is 1. The molecule has 2 unspecified atom stereocenters. The minimum atomic E-state index is -0.652. The third-order valence-corrected chi connectivity index (χ3v) is 3.61. The molecule has 1 rings (SSSR count). The van der Waals surface area contributed by atoms with Crippen LogP contribution in [0.3, 0.4) is 0 Å². The van der Waals surface area contributed by atoms with E-state index in [2.05, 4.69) is 29.5 Å². The highest BCUT2D eigenvalue weighted by Gasteiger charge is 2.11. The maximum Gasteiger partial charge on any atom is 0.191 e. The minimum Gasteiger partial charge on any atom is -0.389 e. The zero-order valence-electron chi connectivity index (χ0n) is 16.0. The van der Waals surface area contributed by atoms with Gasteiger partial charge >= 0.3 is 0 Å². The van der Waals surface area contributed by atoms with E-state index in [1.807, 2.05) is 19.9 Å². The number of aliphatic hydroxyl groups excluding tert-OH is 1. The molecule has 0 saturated carbocycles. The second kappa shape index (κ2) is 11.1. The van der Waals surface area contributed by atoms with Gasteiger partial charge in [0.1, 0.15) is 5.82 Å². The van der Waals surface area contributed by atoms with Gasteiger partial charge in [0.15, 0.2) is 5.96 Å². The second-order valence-corrected chi connectivity index (χ2v) is 6.68. The van der Waals surface area contributed by atoms with Gasteiger partial charge in [-0.05, 0) is 43.9 Å². The van der Waals surface area contributed by atoms with Crippen LogP contribution in [0.5, 0.6) is 0 Å². The van der Waals surface area contributed by atoms with Crippen molar-refractivity contribution >= 4 is 5.96 Å². The van der Waals surface area contributed by atoms with E-state index in [9.17, 15) is 9.50 Å². The van der Waals surface area contributed by atoms with E-state index in [0.29, 0.717) is 30.6 Å². The first-order valence-corrected chi connectivity index (χ1v) is 8.90. The highest BCUT2D eigenvalue weighted by Crippen LogP contribution is 2.16. The molecule has 0 amide bonds. The van der Waals surface area contributed by atoms with Crippen LogP contribution in [-0.2, 0) is 4.74 Å². The van der Waals surface area contributed by atoms with Crippen LogP contribution < -0.4 is 10.6 Å². The number of halogens is 1. The van der Waals surface area contributed by atoms with E-state index >= 15 is 0 Å². The van der Waals surface area contributed by atoms with E-state index in [1.54, 1.807) is 13.0 Å². The average molecular weight is 353 g/mol. The number of aliphatic hydroxyl groups is 1. The largest absolute Gasteiger partial charge is 0.389 e. The number of hydrogen-bond donors (Lipinski definition) is 3. The van der Waals surface area contributed by atoms with Gasteiger partial charge in [-0.25, -0.2) is 4.39 Å². The SMILES string of the molecule is CCNC(=NCC(O)COCC(C)C)NC(C)c1ccc(C)c(F)c1. The third-order valence-electron chi connectivity index (χ3n) is 3.61. The Morgan fingerprint density at radius 3 is 2.60 bits per heavy atom. The Bertz CT molecular complexity index is 549. The molecule has 0 spiro atoms. The zero-order chi connectivity index (χ0) is 18.8. The molecular formula is C19H32FN3O2. The van der Waals surface area contributed by atoms with Crippen molar-refractivity contribution in [2.75, 3.05) is 26.3 Å². The fourth-order valence-corrected chi connectivity index (χ4v) is 2.18. The predicted octanol–water partition coefficient (Wildman–Crippen LogP) is 2.78. The fraction of sp³-hybridized carbons (Fsp3) is 0.632. The number of guanidine groups is 1. The lowest BCUT2D eigenvalue weighted by molar-refractivity contribution is 0.0301. The minimum absolute atomic E-state index is 0.109. The standard InChI is InChI=1S/C19H32FN3O2/c1-6-21-19(22-10-17(24)12-25-11-13(2)3)23-15(5)16-8-7-14(4)18(20)9-16/h7-9,13,15,17,24H,6,10-12H2,1-5H3,(H2,21,22,23). The summed E-state index contributed by atoms with van der Waals surface area (Å²) in [5, 5.41) is 16.3. The molecule has 5 nitrogen and oxygen atoms in total. The summed E-state index contributed by atoms with van der Waals surface area (Å²) in [5.74, 6) is 0.801. The normalized spacial score (nSPS) is 14.5. The number of nitrogens with one attached hydrogen (secondary N) is 2. The van der Waals surface area contributed by atoms with Crippen molar-refractivity contribution in [3.8, 4) is 0 Å². The van der Waals surface area contributed by atoms with Crippen molar-refractivity contribution in [3.05, 3.63) is 35.1 Å². The van der Waals surface area contributed by atoms with Crippen molar-refractivity contribution in [1.82, 2.24) is 10.6 Å². The molecule has 1 aromatic carbocycles. The van der Waals surface area contributed by atoms with Crippen LogP contribution in [0.4, 0.5) is 4.39 Å². The lowest BCUT2D eigenvalue weighted by Crippen LogP contribution is -2.39. The summed E-state index contributed by atoms with van der Waals surface area (Å²) in [4.78, 5) is 4.39. The molecule has 3 N–H and O–H groups in total. The van der Waals surface area contributed by atoms with E-state index in [4.69, 9.17) is 4.74 Å². The predicted molar refractivity (Wildman–Crippen MR) is 100 cm³/mol. The fourth-order valence-electron chi connectivity index (χ4n) is 2.18.